The number of nitrogens with one attached hydrogen (secondary N) is 1. The van der Waals surface area contributed by atoms with Crippen LogP contribution < -0.4 is 15.8 Å². The monoisotopic (exact) mass is 266 g/mol. The molecule has 0 radical (unpaired) electrons. The Hall–Kier alpha value is -1.56. The molecule has 2 rings (SSSR count). The third-order valence-electron chi connectivity index (χ3n) is 3.41. The molecule has 19 heavy (non-hydrogen) atoms. The maximum absolute atomic E-state index is 5.98. The fourth-order valence-corrected chi connectivity index (χ4v) is 2.38. The lowest BCUT2D eigenvalue weighted by Gasteiger charge is -2.18. The van der Waals surface area contributed by atoms with Crippen molar-refractivity contribution >= 4 is 11.5 Å². The molecule has 0 amide bonds. The lowest BCUT2D eigenvalue weighted by atomic mass is 10.00. The summed E-state index contributed by atoms with van der Waals surface area (Å²) in [5, 5.41) is 3.28. The van der Waals surface area contributed by atoms with E-state index in [1.807, 2.05) is 6.92 Å². The van der Waals surface area contributed by atoms with Gasteiger partial charge in [0.05, 0.1) is 12.7 Å². The number of anilines is 2. The molecule has 0 spiro atoms. The van der Waals surface area contributed by atoms with E-state index in [2.05, 4.69) is 22.2 Å². The highest BCUT2D eigenvalue weighted by atomic mass is 16.5. The van der Waals surface area contributed by atoms with Crippen molar-refractivity contribution in [2.75, 3.05) is 30.8 Å². The topological polar surface area (TPSA) is 82.3 Å². The normalized spacial score (nSPS) is 22.4. The van der Waals surface area contributed by atoms with E-state index in [4.69, 9.17) is 15.2 Å². The number of hydrogen-bond acceptors (Lipinski definition) is 6. The molecule has 0 saturated carbocycles. The van der Waals surface area contributed by atoms with Crippen LogP contribution >= 0.6 is 0 Å². The minimum atomic E-state index is 0.335. The molecule has 2 heterocycles. The molecule has 1 aromatic rings. The summed E-state index contributed by atoms with van der Waals surface area (Å²) < 4.78 is 11.0. The summed E-state index contributed by atoms with van der Waals surface area (Å²) in [4.78, 5) is 8.18. The van der Waals surface area contributed by atoms with Gasteiger partial charge < -0.3 is 20.5 Å². The second kappa shape index (κ2) is 6.56. The molecule has 106 valence electrons. The summed E-state index contributed by atoms with van der Waals surface area (Å²) in [6.45, 7) is 6.24. The van der Waals surface area contributed by atoms with Crippen LogP contribution in [-0.4, -0.2) is 35.8 Å². The van der Waals surface area contributed by atoms with Crippen molar-refractivity contribution in [2.24, 2.45) is 5.92 Å². The lowest BCUT2D eigenvalue weighted by molar-refractivity contribution is 0.0900. The summed E-state index contributed by atoms with van der Waals surface area (Å²) in [5.74, 6) is 1.59. The van der Waals surface area contributed by atoms with Crippen molar-refractivity contribution in [1.29, 1.82) is 0 Å². The van der Waals surface area contributed by atoms with Crippen LogP contribution in [0.1, 0.15) is 26.7 Å². The molecule has 0 bridgehead atoms. The molecule has 1 fully saturated rings. The number of nitrogen functional groups attached to an aromatic ring is 1. The highest BCUT2D eigenvalue weighted by molar-refractivity contribution is 5.66. The summed E-state index contributed by atoms with van der Waals surface area (Å²) in [6, 6.07) is 0. The van der Waals surface area contributed by atoms with Gasteiger partial charge in [0.1, 0.15) is 12.0 Å². The summed E-state index contributed by atoms with van der Waals surface area (Å²) in [5.41, 5.74) is 6.45. The third kappa shape index (κ3) is 3.26. The SMILES string of the molecule is CCOc1ncnc(NCC2CCOC2CC)c1N. The zero-order valence-electron chi connectivity index (χ0n) is 11.6. The predicted octanol–water partition coefficient (Wildman–Crippen LogP) is 1.68. The van der Waals surface area contributed by atoms with Gasteiger partial charge in [-0.2, -0.15) is 4.98 Å². The molecule has 1 aliphatic rings. The first-order valence-electron chi connectivity index (χ1n) is 6.85. The number of rotatable bonds is 6. The molecule has 6 nitrogen and oxygen atoms in total. The minimum Gasteiger partial charge on any atom is -0.476 e. The van der Waals surface area contributed by atoms with Crippen LogP contribution in [0.4, 0.5) is 11.5 Å². The highest BCUT2D eigenvalue weighted by Gasteiger charge is 2.26. The van der Waals surface area contributed by atoms with Crippen molar-refractivity contribution in [3.05, 3.63) is 6.33 Å². The largest absolute Gasteiger partial charge is 0.476 e. The number of nitrogens with zero attached hydrogens (tertiary/aromatic N) is 2. The predicted molar refractivity (Wildman–Crippen MR) is 74.2 cm³/mol. The van der Waals surface area contributed by atoms with Crippen LogP contribution in [0, 0.1) is 5.92 Å². The van der Waals surface area contributed by atoms with Gasteiger partial charge in [-0.05, 0) is 19.8 Å². The van der Waals surface area contributed by atoms with E-state index >= 15 is 0 Å². The lowest BCUT2D eigenvalue weighted by Crippen LogP contribution is -2.23. The van der Waals surface area contributed by atoms with E-state index in [1.165, 1.54) is 6.33 Å². The van der Waals surface area contributed by atoms with Gasteiger partial charge in [0.15, 0.2) is 5.82 Å². The van der Waals surface area contributed by atoms with Gasteiger partial charge >= 0.3 is 0 Å². The van der Waals surface area contributed by atoms with E-state index in [9.17, 15) is 0 Å². The molecular weight excluding hydrogens is 244 g/mol. The Kier molecular flexibility index (Phi) is 4.79. The number of ether oxygens (including phenoxy) is 2. The van der Waals surface area contributed by atoms with E-state index in [1.54, 1.807) is 0 Å². The first-order chi connectivity index (χ1) is 9.26. The minimum absolute atomic E-state index is 0.335. The molecule has 1 aliphatic heterocycles. The molecular formula is C13H22N4O2. The Morgan fingerprint density at radius 2 is 2.32 bits per heavy atom. The maximum atomic E-state index is 5.98. The standard InChI is InChI=1S/C13H22N4O2/c1-3-10-9(5-6-19-10)7-15-12-11(14)13(18-4-2)17-8-16-12/h8-10H,3-7,14H2,1-2H3,(H,15,16,17). The first kappa shape index (κ1) is 13.9. The Labute approximate surface area is 113 Å². The Balaban J connectivity index is 1.97. The van der Waals surface area contributed by atoms with Crippen LogP contribution in [0.2, 0.25) is 0 Å². The van der Waals surface area contributed by atoms with Gasteiger partial charge in [-0.3, -0.25) is 0 Å². The molecule has 6 heteroatoms. The fraction of sp³-hybridized carbons (Fsp3) is 0.692. The van der Waals surface area contributed by atoms with Gasteiger partial charge in [0.2, 0.25) is 5.88 Å². The molecule has 2 atom stereocenters. The average Bonchev–Trinajstić information content (AvgIpc) is 2.87. The molecule has 0 aliphatic carbocycles. The van der Waals surface area contributed by atoms with Gasteiger partial charge in [-0.15, -0.1) is 0 Å². The van der Waals surface area contributed by atoms with Crippen LogP contribution in [-0.2, 0) is 4.74 Å². The molecule has 1 aromatic heterocycles. The van der Waals surface area contributed by atoms with Crippen molar-refractivity contribution in [2.45, 2.75) is 32.8 Å². The van der Waals surface area contributed by atoms with E-state index < -0.39 is 0 Å². The second-order valence-corrected chi connectivity index (χ2v) is 4.62. The smallest absolute Gasteiger partial charge is 0.242 e. The summed E-state index contributed by atoms with van der Waals surface area (Å²) >= 11 is 0. The zero-order chi connectivity index (χ0) is 13.7. The van der Waals surface area contributed by atoms with Crippen LogP contribution in [0.25, 0.3) is 0 Å². The number of aromatic nitrogens is 2. The Morgan fingerprint density at radius 1 is 1.47 bits per heavy atom. The molecule has 1 saturated heterocycles. The van der Waals surface area contributed by atoms with Gasteiger partial charge in [0, 0.05) is 19.1 Å². The third-order valence-corrected chi connectivity index (χ3v) is 3.41. The van der Waals surface area contributed by atoms with Gasteiger partial charge in [0.25, 0.3) is 0 Å². The Morgan fingerprint density at radius 3 is 3.05 bits per heavy atom. The van der Waals surface area contributed by atoms with Crippen molar-refractivity contribution in [3.8, 4) is 5.88 Å². The van der Waals surface area contributed by atoms with Gasteiger partial charge in [-0.25, -0.2) is 4.98 Å². The quantitative estimate of drug-likeness (QED) is 0.815. The van der Waals surface area contributed by atoms with Crippen LogP contribution in [0.5, 0.6) is 5.88 Å². The molecule has 3 N–H and O–H groups in total. The van der Waals surface area contributed by atoms with E-state index in [0.717, 1.165) is 26.0 Å². The Bertz CT molecular complexity index is 414. The maximum Gasteiger partial charge on any atom is 0.242 e. The average molecular weight is 266 g/mol. The van der Waals surface area contributed by atoms with Crippen molar-refractivity contribution in [1.82, 2.24) is 9.97 Å². The van der Waals surface area contributed by atoms with E-state index in [0.29, 0.717) is 36.0 Å². The number of hydrogen-bond donors (Lipinski definition) is 2. The van der Waals surface area contributed by atoms with Crippen LogP contribution in [0.3, 0.4) is 0 Å². The molecule has 2 unspecified atom stereocenters. The van der Waals surface area contributed by atoms with Crippen LogP contribution in [0.15, 0.2) is 6.33 Å². The first-order valence-corrected chi connectivity index (χ1v) is 6.85. The summed E-state index contributed by atoms with van der Waals surface area (Å²) in [7, 11) is 0. The van der Waals surface area contributed by atoms with Gasteiger partial charge in [-0.1, -0.05) is 6.92 Å². The fourth-order valence-electron chi connectivity index (χ4n) is 2.38. The van der Waals surface area contributed by atoms with E-state index in [-0.39, 0.29) is 0 Å². The number of nitrogens with two attached hydrogens (primary N) is 1. The zero-order valence-corrected chi connectivity index (χ0v) is 11.6. The van der Waals surface area contributed by atoms with Crippen molar-refractivity contribution in [3.63, 3.8) is 0 Å². The second-order valence-electron chi connectivity index (χ2n) is 4.62. The highest BCUT2D eigenvalue weighted by Crippen LogP contribution is 2.27. The summed E-state index contributed by atoms with van der Waals surface area (Å²) in [6.07, 6.45) is 3.92. The van der Waals surface area contributed by atoms with Crippen molar-refractivity contribution < 1.29 is 9.47 Å². The molecule has 0 aromatic carbocycles.